The molecule has 0 radical (unpaired) electrons. The van der Waals surface area contributed by atoms with E-state index in [-0.39, 0.29) is 5.91 Å². The van der Waals surface area contributed by atoms with E-state index in [1.54, 1.807) is 12.1 Å². The van der Waals surface area contributed by atoms with Gasteiger partial charge in [0.1, 0.15) is 5.75 Å². The number of fused-ring (bicyclic) bond motifs is 2. The van der Waals surface area contributed by atoms with Crippen LogP contribution < -0.4 is 10.2 Å². The SMILES string of the molecule is CCOc1ccc(C(=O)N/N=C(\C)C2CC3CCC2C3)cc1. The topological polar surface area (TPSA) is 50.7 Å². The van der Waals surface area contributed by atoms with Crippen LogP contribution in [0.3, 0.4) is 0 Å². The van der Waals surface area contributed by atoms with E-state index in [9.17, 15) is 4.79 Å². The number of hydrazone groups is 1. The monoisotopic (exact) mass is 300 g/mol. The number of hydrogen-bond acceptors (Lipinski definition) is 3. The fourth-order valence-electron chi connectivity index (χ4n) is 3.91. The maximum absolute atomic E-state index is 12.1. The molecule has 0 heterocycles. The number of carbonyl (C=O) groups is 1. The predicted octanol–water partition coefficient (Wildman–Crippen LogP) is 3.63. The van der Waals surface area contributed by atoms with Gasteiger partial charge in [-0.3, -0.25) is 4.79 Å². The second-order valence-electron chi connectivity index (χ2n) is 6.43. The lowest BCUT2D eigenvalue weighted by Gasteiger charge is -2.21. The summed E-state index contributed by atoms with van der Waals surface area (Å²) >= 11 is 0. The lowest BCUT2D eigenvalue weighted by Crippen LogP contribution is -2.24. The van der Waals surface area contributed by atoms with Gasteiger partial charge >= 0.3 is 0 Å². The Morgan fingerprint density at radius 1 is 1.27 bits per heavy atom. The molecule has 4 nitrogen and oxygen atoms in total. The van der Waals surface area contributed by atoms with Crippen molar-refractivity contribution in [3.8, 4) is 5.75 Å². The minimum absolute atomic E-state index is 0.162. The second-order valence-corrected chi connectivity index (χ2v) is 6.43. The van der Waals surface area contributed by atoms with Crippen LogP contribution in [0.4, 0.5) is 0 Å². The van der Waals surface area contributed by atoms with E-state index in [0.29, 0.717) is 18.1 Å². The van der Waals surface area contributed by atoms with Crippen molar-refractivity contribution in [2.75, 3.05) is 6.61 Å². The van der Waals surface area contributed by atoms with Crippen LogP contribution in [0.25, 0.3) is 0 Å². The Hall–Kier alpha value is -1.84. The lowest BCUT2D eigenvalue weighted by atomic mass is 9.86. The van der Waals surface area contributed by atoms with Gasteiger partial charge in [0.15, 0.2) is 0 Å². The molecule has 0 saturated heterocycles. The Bertz CT molecular complexity index is 565. The zero-order valence-electron chi connectivity index (χ0n) is 13.3. The Balaban J connectivity index is 1.58. The van der Waals surface area contributed by atoms with Crippen molar-refractivity contribution in [2.45, 2.75) is 39.5 Å². The summed E-state index contributed by atoms with van der Waals surface area (Å²) in [5.74, 6) is 2.86. The number of nitrogens with zero attached hydrogens (tertiary/aromatic N) is 1. The average molecular weight is 300 g/mol. The smallest absolute Gasteiger partial charge is 0.271 e. The maximum Gasteiger partial charge on any atom is 0.271 e. The van der Waals surface area contributed by atoms with E-state index < -0.39 is 0 Å². The van der Waals surface area contributed by atoms with E-state index in [1.165, 1.54) is 25.7 Å². The fourth-order valence-corrected chi connectivity index (χ4v) is 3.91. The normalized spacial score (nSPS) is 27.0. The summed E-state index contributed by atoms with van der Waals surface area (Å²) in [4.78, 5) is 12.1. The Labute approximate surface area is 131 Å². The summed E-state index contributed by atoms with van der Waals surface area (Å²) in [7, 11) is 0. The van der Waals surface area contributed by atoms with Crippen molar-refractivity contribution in [1.29, 1.82) is 0 Å². The summed E-state index contributed by atoms with van der Waals surface area (Å²) in [6.07, 6.45) is 5.31. The molecule has 0 spiro atoms. The minimum atomic E-state index is -0.162. The number of rotatable bonds is 5. The van der Waals surface area contributed by atoms with Crippen molar-refractivity contribution < 1.29 is 9.53 Å². The first-order chi connectivity index (χ1) is 10.7. The molecule has 22 heavy (non-hydrogen) atoms. The molecule has 4 heteroatoms. The molecule has 1 aromatic rings. The van der Waals surface area contributed by atoms with Crippen LogP contribution in [0.15, 0.2) is 29.4 Å². The molecule has 118 valence electrons. The van der Waals surface area contributed by atoms with Gasteiger partial charge in [-0.05, 0) is 69.2 Å². The van der Waals surface area contributed by atoms with Gasteiger partial charge in [0.25, 0.3) is 5.91 Å². The third-order valence-electron chi connectivity index (χ3n) is 5.04. The van der Waals surface area contributed by atoms with Crippen LogP contribution in [0.1, 0.15) is 49.9 Å². The number of ether oxygens (including phenoxy) is 1. The number of benzene rings is 1. The molecule has 1 amide bonds. The Morgan fingerprint density at radius 3 is 2.64 bits per heavy atom. The van der Waals surface area contributed by atoms with Crippen LogP contribution >= 0.6 is 0 Å². The highest BCUT2D eigenvalue weighted by Gasteiger charge is 2.40. The molecular formula is C18H24N2O2. The summed E-state index contributed by atoms with van der Waals surface area (Å²) < 4.78 is 5.38. The van der Waals surface area contributed by atoms with Gasteiger partial charge in [-0.25, -0.2) is 5.43 Å². The summed E-state index contributed by atoms with van der Waals surface area (Å²) in [5, 5.41) is 4.35. The van der Waals surface area contributed by atoms with Gasteiger partial charge in [0.2, 0.25) is 0 Å². The highest BCUT2D eigenvalue weighted by Crippen LogP contribution is 2.48. The van der Waals surface area contributed by atoms with Crippen LogP contribution in [0, 0.1) is 17.8 Å². The largest absolute Gasteiger partial charge is 0.494 e. The standard InChI is InChI=1S/C18H24N2O2/c1-3-22-16-8-6-14(7-9-16)18(21)20-19-12(2)17-11-13-4-5-15(17)10-13/h6-9,13,15,17H,3-5,10-11H2,1-2H3,(H,20,21)/b19-12+. The quantitative estimate of drug-likeness (QED) is 0.667. The summed E-state index contributed by atoms with van der Waals surface area (Å²) in [5.41, 5.74) is 4.37. The van der Waals surface area contributed by atoms with Gasteiger partial charge in [-0.2, -0.15) is 5.10 Å². The zero-order valence-corrected chi connectivity index (χ0v) is 13.3. The van der Waals surface area contributed by atoms with E-state index in [1.807, 2.05) is 26.0 Å². The first kappa shape index (κ1) is 15.1. The highest BCUT2D eigenvalue weighted by atomic mass is 16.5. The highest BCUT2D eigenvalue weighted by molar-refractivity contribution is 5.95. The number of nitrogens with one attached hydrogen (secondary N) is 1. The van der Waals surface area contributed by atoms with Crippen LogP contribution in [-0.4, -0.2) is 18.2 Å². The number of carbonyl (C=O) groups excluding carboxylic acids is 1. The molecule has 2 aliphatic rings. The molecule has 3 rings (SSSR count). The molecule has 2 bridgehead atoms. The molecule has 1 N–H and O–H groups in total. The Morgan fingerprint density at radius 2 is 2.05 bits per heavy atom. The molecular weight excluding hydrogens is 276 g/mol. The predicted molar refractivity (Wildman–Crippen MR) is 87.1 cm³/mol. The second kappa shape index (κ2) is 6.51. The van der Waals surface area contributed by atoms with Crippen LogP contribution in [0.2, 0.25) is 0 Å². The van der Waals surface area contributed by atoms with Crippen molar-refractivity contribution in [1.82, 2.24) is 5.43 Å². The van der Waals surface area contributed by atoms with Crippen molar-refractivity contribution in [2.24, 2.45) is 22.9 Å². The van der Waals surface area contributed by atoms with Crippen molar-refractivity contribution in [3.05, 3.63) is 29.8 Å². The molecule has 0 aromatic heterocycles. The van der Waals surface area contributed by atoms with E-state index in [2.05, 4.69) is 10.5 Å². The molecule has 0 aliphatic heterocycles. The van der Waals surface area contributed by atoms with Crippen LogP contribution in [-0.2, 0) is 0 Å². The fraction of sp³-hybridized carbons (Fsp3) is 0.556. The van der Waals surface area contributed by atoms with E-state index in [4.69, 9.17) is 4.74 Å². The van der Waals surface area contributed by atoms with E-state index >= 15 is 0 Å². The number of hydrogen-bond donors (Lipinski definition) is 1. The van der Waals surface area contributed by atoms with Crippen LogP contribution in [0.5, 0.6) is 5.75 Å². The lowest BCUT2D eigenvalue weighted by molar-refractivity contribution is 0.0954. The Kier molecular flexibility index (Phi) is 4.46. The van der Waals surface area contributed by atoms with Gasteiger partial charge in [0, 0.05) is 17.2 Å². The molecule has 1 aromatic carbocycles. The van der Waals surface area contributed by atoms with Gasteiger partial charge in [0.05, 0.1) is 6.61 Å². The van der Waals surface area contributed by atoms with Crippen molar-refractivity contribution >= 4 is 11.6 Å². The van der Waals surface area contributed by atoms with E-state index in [0.717, 1.165) is 23.3 Å². The average Bonchev–Trinajstić information content (AvgIpc) is 3.16. The van der Waals surface area contributed by atoms with Crippen molar-refractivity contribution in [3.63, 3.8) is 0 Å². The molecule has 2 saturated carbocycles. The summed E-state index contributed by atoms with van der Waals surface area (Å²) in [6, 6.07) is 7.15. The first-order valence-corrected chi connectivity index (χ1v) is 8.24. The zero-order chi connectivity index (χ0) is 15.5. The number of amides is 1. The molecule has 2 fully saturated rings. The van der Waals surface area contributed by atoms with Gasteiger partial charge < -0.3 is 4.74 Å². The first-order valence-electron chi connectivity index (χ1n) is 8.24. The molecule has 2 aliphatic carbocycles. The van der Waals surface area contributed by atoms with Gasteiger partial charge in [-0.15, -0.1) is 0 Å². The maximum atomic E-state index is 12.1. The minimum Gasteiger partial charge on any atom is -0.494 e. The summed E-state index contributed by atoms with van der Waals surface area (Å²) in [6.45, 7) is 4.61. The van der Waals surface area contributed by atoms with Gasteiger partial charge in [-0.1, -0.05) is 6.42 Å². The molecule has 3 atom stereocenters. The molecule has 3 unspecified atom stereocenters. The third kappa shape index (κ3) is 3.16. The third-order valence-corrected chi connectivity index (χ3v) is 5.04.